The standard InChI is InChI=1S/C22H24ClFN2O2/c1-2-3-11-25-21(27)20-14-26(22(28)15-7-9-17(23)10-8-15)13-19(20)16-5-4-6-18(24)12-16/h4-10,12,19-20H,2-3,11,13-14H2,1H3,(H,25,27)/t19-,20+/m0/s1. The van der Waals surface area contributed by atoms with Crippen molar-refractivity contribution < 1.29 is 14.0 Å². The number of unbranched alkanes of at least 4 members (excludes halogenated alkanes) is 1. The van der Waals surface area contributed by atoms with Gasteiger partial charge in [-0.2, -0.15) is 0 Å². The van der Waals surface area contributed by atoms with Gasteiger partial charge in [0.25, 0.3) is 5.91 Å². The first-order valence-electron chi connectivity index (χ1n) is 9.57. The van der Waals surface area contributed by atoms with E-state index in [1.54, 1.807) is 35.2 Å². The Labute approximate surface area is 169 Å². The zero-order valence-electron chi connectivity index (χ0n) is 15.8. The van der Waals surface area contributed by atoms with Crippen LogP contribution in [0.4, 0.5) is 4.39 Å². The number of likely N-dealkylation sites (tertiary alicyclic amines) is 1. The molecule has 1 aliphatic rings. The van der Waals surface area contributed by atoms with Gasteiger partial charge in [0, 0.05) is 36.1 Å². The lowest BCUT2D eigenvalue weighted by atomic mass is 9.88. The average Bonchev–Trinajstić information content (AvgIpc) is 3.14. The molecule has 0 aliphatic carbocycles. The van der Waals surface area contributed by atoms with Gasteiger partial charge < -0.3 is 10.2 Å². The molecule has 0 unspecified atom stereocenters. The highest BCUT2D eigenvalue weighted by molar-refractivity contribution is 6.30. The Morgan fingerprint density at radius 1 is 1.18 bits per heavy atom. The summed E-state index contributed by atoms with van der Waals surface area (Å²) in [5.74, 6) is -1.23. The topological polar surface area (TPSA) is 49.4 Å². The molecule has 1 saturated heterocycles. The van der Waals surface area contributed by atoms with Crippen molar-refractivity contribution in [1.29, 1.82) is 0 Å². The quantitative estimate of drug-likeness (QED) is 0.734. The fraction of sp³-hybridized carbons (Fsp3) is 0.364. The minimum atomic E-state index is -0.407. The van der Waals surface area contributed by atoms with Gasteiger partial charge in [-0.05, 0) is 48.4 Å². The summed E-state index contributed by atoms with van der Waals surface area (Å²) in [6.45, 7) is 3.34. The number of nitrogens with one attached hydrogen (secondary N) is 1. The molecule has 0 aromatic heterocycles. The summed E-state index contributed by atoms with van der Waals surface area (Å²) < 4.78 is 13.8. The van der Waals surface area contributed by atoms with Crippen LogP contribution in [0.3, 0.4) is 0 Å². The third kappa shape index (κ3) is 4.71. The Kier molecular flexibility index (Phi) is 6.68. The molecule has 1 heterocycles. The highest BCUT2D eigenvalue weighted by Crippen LogP contribution is 2.34. The van der Waals surface area contributed by atoms with E-state index >= 15 is 0 Å². The molecule has 0 saturated carbocycles. The Hall–Kier alpha value is -2.40. The molecule has 148 valence electrons. The summed E-state index contributed by atoms with van der Waals surface area (Å²) in [7, 11) is 0. The Morgan fingerprint density at radius 2 is 1.93 bits per heavy atom. The van der Waals surface area contributed by atoms with Crippen molar-refractivity contribution >= 4 is 23.4 Å². The first-order chi connectivity index (χ1) is 13.5. The van der Waals surface area contributed by atoms with Crippen LogP contribution in [0.1, 0.15) is 41.6 Å². The average molecular weight is 403 g/mol. The maximum absolute atomic E-state index is 13.8. The third-order valence-electron chi connectivity index (χ3n) is 5.14. The molecular formula is C22H24ClFN2O2. The minimum absolute atomic E-state index is 0.0888. The molecule has 2 amide bonds. The first kappa shape index (κ1) is 20.3. The number of nitrogens with zero attached hydrogens (tertiary/aromatic N) is 1. The summed E-state index contributed by atoms with van der Waals surface area (Å²) in [4.78, 5) is 27.4. The van der Waals surface area contributed by atoms with E-state index in [4.69, 9.17) is 11.6 Å². The number of carbonyl (C=O) groups is 2. The zero-order valence-corrected chi connectivity index (χ0v) is 16.6. The number of hydrogen-bond acceptors (Lipinski definition) is 2. The largest absolute Gasteiger partial charge is 0.356 e. The molecule has 2 aromatic carbocycles. The van der Waals surface area contributed by atoms with Gasteiger partial charge in [0.05, 0.1) is 5.92 Å². The van der Waals surface area contributed by atoms with Crippen molar-refractivity contribution in [2.24, 2.45) is 5.92 Å². The smallest absolute Gasteiger partial charge is 0.253 e. The van der Waals surface area contributed by atoms with E-state index in [1.165, 1.54) is 12.1 Å². The predicted molar refractivity (Wildman–Crippen MR) is 108 cm³/mol. The van der Waals surface area contributed by atoms with E-state index in [-0.39, 0.29) is 23.5 Å². The Morgan fingerprint density at radius 3 is 2.61 bits per heavy atom. The number of carbonyl (C=O) groups excluding carboxylic acids is 2. The van der Waals surface area contributed by atoms with Gasteiger partial charge in [0.15, 0.2) is 0 Å². The van der Waals surface area contributed by atoms with Crippen molar-refractivity contribution in [2.45, 2.75) is 25.7 Å². The van der Waals surface area contributed by atoms with Crippen LogP contribution in [-0.4, -0.2) is 36.3 Å². The molecule has 0 spiro atoms. The number of rotatable bonds is 6. The second-order valence-electron chi connectivity index (χ2n) is 7.13. The number of halogens is 2. The molecule has 6 heteroatoms. The van der Waals surface area contributed by atoms with E-state index < -0.39 is 5.92 Å². The van der Waals surface area contributed by atoms with E-state index in [9.17, 15) is 14.0 Å². The van der Waals surface area contributed by atoms with Crippen molar-refractivity contribution in [3.8, 4) is 0 Å². The van der Waals surface area contributed by atoms with Gasteiger partial charge in [0.1, 0.15) is 5.82 Å². The van der Waals surface area contributed by atoms with Crippen LogP contribution in [0.2, 0.25) is 5.02 Å². The predicted octanol–water partition coefficient (Wildman–Crippen LogP) is 4.25. The van der Waals surface area contributed by atoms with Crippen LogP contribution in [0.25, 0.3) is 0 Å². The molecule has 4 nitrogen and oxygen atoms in total. The van der Waals surface area contributed by atoms with Crippen LogP contribution in [0.5, 0.6) is 0 Å². The SMILES string of the molecule is CCCCNC(=O)[C@@H]1CN(C(=O)c2ccc(Cl)cc2)C[C@H]1c1cccc(F)c1. The second kappa shape index (κ2) is 9.20. The highest BCUT2D eigenvalue weighted by atomic mass is 35.5. The van der Waals surface area contributed by atoms with Crippen LogP contribution in [-0.2, 0) is 4.79 Å². The van der Waals surface area contributed by atoms with Crippen molar-refractivity contribution in [3.63, 3.8) is 0 Å². The van der Waals surface area contributed by atoms with Crippen LogP contribution >= 0.6 is 11.6 Å². The molecular weight excluding hydrogens is 379 g/mol. The summed E-state index contributed by atoms with van der Waals surface area (Å²) in [5.41, 5.74) is 1.26. The molecule has 0 bridgehead atoms. The van der Waals surface area contributed by atoms with E-state index in [0.29, 0.717) is 30.2 Å². The number of hydrogen-bond donors (Lipinski definition) is 1. The molecule has 1 N–H and O–H groups in total. The number of amides is 2. The Bertz CT molecular complexity index is 841. The van der Waals surface area contributed by atoms with Gasteiger partial charge in [0.2, 0.25) is 5.91 Å². The maximum atomic E-state index is 13.8. The molecule has 3 rings (SSSR count). The summed E-state index contributed by atoms with van der Waals surface area (Å²) in [6, 6.07) is 13.0. The normalized spacial score (nSPS) is 18.9. The molecule has 0 radical (unpaired) electrons. The molecule has 28 heavy (non-hydrogen) atoms. The van der Waals surface area contributed by atoms with Gasteiger partial charge in [-0.1, -0.05) is 37.1 Å². The van der Waals surface area contributed by atoms with Crippen LogP contribution in [0, 0.1) is 11.7 Å². The first-order valence-corrected chi connectivity index (χ1v) is 9.95. The van der Waals surface area contributed by atoms with E-state index in [0.717, 1.165) is 18.4 Å². The molecule has 2 aromatic rings. The zero-order chi connectivity index (χ0) is 20.1. The lowest BCUT2D eigenvalue weighted by Crippen LogP contribution is -2.36. The van der Waals surface area contributed by atoms with E-state index in [1.807, 2.05) is 6.07 Å². The Balaban J connectivity index is 1.82. The minimum Gasteiger partial charge on any atom is -0.356 e. The van der Waals surface area contributed by atoms with Gasteiger partial charge in [-0.3, -0.25) is 9.59 Å². The van der Waals surface area contributed by atoms with Crippen molar-refractivity contribution in [3.05, 3.63) is 70.5 Å². The number of benzene rings is 2. The fourth-order valence-electron chi connectivity index (χ4n) is 3.60. The summed E-state index contributed by atoms with van der Waals surface area (Å²) >= 11 is 5.91. The second-order valence-corrected chi connectivity index (χ2v) is 7.57. The molecule has 1 fully saturated rings. The maximum Gasteiger partial charge on any atom is 0.253 e. The van der Waals surface area contributed by atoms with Crippen LogP contribution < -0.4 is 5.32 Å². The van der Waals surface area contributed by atoms with Crippen molar-refractivity contribution in [1.82, 2.24) is 10.2 Å². The summed E-state index contributed by atoms with van der Waals surface area (Å²) in [6.07, 6.45) is 1.88. The van der Waals surface area contributed by atoms with Crippen LogP contribution in [0.15, 0.2) is 48.5 Å². The van der Waals surface area contributed by atoms with Gasteiger partial charge in [-0.25, -0.2) is 4.39 Å². The van der Waals surface area contributed by atoms with Crippen molar-refractivity contribution in [2.75, 3.05) is 19.6 Å². The van der Waals surface area contributed by atoms with Gasteiger partial charge in [-0.15, -0.1) is 0 Å². The third-order valence-corrected chi connectivity index (χ3v) is 5.39. The van der Waals surface area contributed by atoms with E-state index in [2.05, 4.69) is 12.2 Å². The lowest BCUT2D eigenvalue weighted by molar-refractivity contribution is -0.124. The van der Waals surface area contributed by atoms with Gasteiger partial charge >= 0.3 is 0 Å². The highest BCUT2D eigenvalue weighted by Gasteiger charge is 2.40. The lowest BCUT2D eigenvalue weighted by Gasteiger charge is -2.18. The molecule has 1 aliphatic heterocycles. The molecule has 2 atom stereocenters. The fourth-order valence-corrected chi connectivity index (χ4v) is 3.73. The summed E-state index contributed by atoms with van der Waals surface area (Å²) in [5, 5.41) is 3.52. The monoisotopic (exact) mass is 402 g/mol.